The van der Waals surface area contributed by atoms with Gasteiger partial charge in [-0.05, 0) is 30.9 Å². The predicted octanol–water partition coefficient (Wildman–Crippen LogP) is 3.44. The van der Waals surface area contributed by atoms with Crippen LogP contribution >= 0.6 is 0 Å². The summed E-state index contributed by atoms with van der Waals surface area (Å²) in [5.41, 5.74) is 2.99. The van der Waals surface area contributed by atoms with Crippen LogP contribution in [-0.4, -0.2) is 13.1 Å². The van der Waals surface area contributed by atoms with Crippen molar-refractivity contribution in [1.82, 2.24) is 0 Å². The lowest BCUT2D eigenvalue weighted by Crippen LogP contribution is -2.30. The molecule has 1 aliphatic heterocycles. The number of anilines is 1. The maximum atomic E-state index is 3.89. The quantitative estimate of drug-likeness (QED) is 0.676. The summed E-state index contributed by atoms with van der Waals surface area (Å²) in [6.07, 6.45) is 6.15. The summed E-state index contributed by atoms with van der Waals surface area (Å²) >= 11 is 0. The van der Waals surface area contributed by atoms with Gasteiger partial charge in [0, 0.05) is 18.8 Å². The zero-order valence-electron chi connectivity index (χ0n) is 9.41. The van der Waals surface area contributed by atoms with Crippen LogP contribution in [0.3, 0.4) is 0 Å². The standard InChI is InChI=1S/C14H20N/c1-2-3-6-11-15-12-7-9-13-8-4-5-10-14(13)15/h4-5,8,10H,1-3,6-7,9,11-12H2. The molecule has 2 rings (SSSR count). The lowest BCUT2D eigenvalue weighted by atomic mass is 10.0. The molecule has 0 bridgehead atoms. The summed E-state index contributed by atoms with van der Waals surface area (Å²) in [4.78, 5) is 2.54. The highest BCUT2D eigenvalue weighted by Gasteiger charge is 2.14. The van der Waals surface area contributed by atoms with Gasteiger partial charge >= 0.3 is 0 Å². The number of benzene rings is 1. The summed E-state index contributed by atoms with van der Waals surface area (Å²) in [5, 5.41) is 0. The zero-order chi connectivity index (χ0) is 10.5. The van der Waals surface area contributed by atoms with Gasteiger partial charge in [-0.1, -0.05) is 38.0 Å². The van der Waals surface area contributed by atoms with E-state index in [-0.39, 0.29) is 0 Å². The molecular weight excluding hydrogens is 182 g/mol. The number of hydrogen-bond donors (Lipinski definition) is 0. The molecular formula is C14H20N. The van der Waals surface area contributed by atoms with E-state index in [1.54, 1.807) is 0 Å². The van der Waals surface area contributed by atoms with Crippen LogP contribution in [0.1, 0.15) is 31.2 Å². The third-order valence-electron chi connectivity index (χ3n) is 3.13. The summed E-state index contributed by atoms with van der Waals surface area (Å²) < 4.78 is 0. The Morgan fingerprint density at radius 1 is 1.20 bits per heavy atom. The van der Waals surface area contributed by atoms with Gasteiger partial charge in [0.1, 0.15) is 0 Å². The van der Waals surface area contributed by atoms with Gasteiger partial charge in [0.2, 0.25) is 0 Å². The molecule has 0 amide bonds. The minimum absolute atomic E-state index is 1.06. The second kappa shape index (κ2) is 5.20. The SMILES string of the molecule is [CH2]CCCCN1CCCc2ccccc21. The fraction of sp³-hybridized carbons (Fsp3) is 0.500. The summed E-state index contributed by atoms with van der Waals surface area (Å²) in [6, 6.07) is 8.83. The molecule has 0 spiro atoms. The van der Waals surface area contributed by atoms with Gasteiger partial charge < -0.3 is 4.90 Å². The normalized spacial score (nSPS) is 15.1. The van der Waals surface area contributed by atoms with Gasteiger partial charge in [-0.2, -0.15) is 0 Å². The highest BCUT2D eigenvalue weighted by Crippen LogP contribution is 2.26. The summed E-state index contributed by atoms with van der Waals surface area (Å²) in [5.74, 6) is 0. The van der Waals surface area contributed by atoms with Gasteiger partial charge in [0.25, 0.3) is 0 Å². The van der Waals surface area contributed by atoms with E-state index in [1.807, 2.05) is 0 Å². The Bertz CT molecular complexity index is 306. The minimum atomic E-state index is 1.06. The molecule has 0 saturated carbocycles. The van der Waals surface area contributed by atoms with Crippen molar-refractivity contribution in [3.8, 4) is 0 Å². The Morgan fingerprint density at radius 3 is 2.93 bits per heavy atom. The number of rotatable bonds is 4. The van der Waals surface area contributed by atoms with Crippen LogP contribution in [-0.2, 0) is 6.42 Å². The van der Waals surface area contributed by atoms with Crippen molar-refractivity contribution in [1.29, 1.82) is 0 Å². The van der Waals surface area contributed by atoms with E-state index in [0.717, 1.165) is 6.42 Å². The molecule has 1 radical (unpaired) electrons. The second-order valence-corrected chi connectivity index (χ2v) is 4.28. The average molecular weight is 202 g/mol. The molecule has 1 aliphatic rings. The molecule has 0 fully saturated rings. The van der Waals surface area contributed by atoms with E-state index in [2.05, 4.69) is 36.1 Å². The number of para-hydroxylation sites is 1. The van der Waals surface area contributed by atoms with Crippen LogP contribution in [0.5, 0.6) is 0 Å². The van der Waals surface area contributed by atoms with E-state index in [4.69, 9.17) is 0 Å². The molecule has 0 aromatic heterocycles. The Hall–Kier alpha value is -0.980. The van der Waals surface area contributed by atoms with E-state index < -0.39 is 0 Å². The largest absolute Gasteiger partial charge is 0.371 e. The number of nitrogens with zero attached hydrogens (tertiary/aromatic N) is 1. The minimum Gasteiger partial charge on any atom is -0.371 e. The number of unbranched alkanes of at least 4 members (excludes halogenated alkanes) is 2. The van der Waals surface area contributed by atoms with Crippen LogP contribution < -0.4 is 4.90 Å². The molecule has 1 heteroatoms. The average Bonchev–Trinajstić information content (AvgIpc) is 2.30. The second-order valence-electron chi connectivity index (χ2n) is 4.28. The molecule has 0 aliphatic carbocycles. The van der Waals surface area contributed by atoms with Crippen LogP contribution in [0.25, 0.3) is 0 Å². The highest BCUT2D eigenvalue weighted by molar-refractivity contribution is 5.55. The van der Waals surface area contributed by atoms with Gasteiger partial charge in [-0.3, -0.25) is 0 Å². The molecule has 0 saturated heterocycles. The van der Waals surface area contributed by atoms with E-state index in [1.165, 1.54) is 50.0 Å². The van der Waals surface area contributed by atoms with Crippen molar-refractivity contribution in [3.05, 3.63) is 36.8 Å². The molecule has 15 heavy (non-hydrogen) atoms. The first-order chi connectivity index (χ1) is 7.42. The third kappa shape index (κ3) is 2.53. The van der Waals surface area contributed by atoms with Gasteiger partial charge in [-0.25, -0.2) is 0 Å². The molecule has 1 heterocycles. The lowest BCUT2D eigenvalue weighted by Gasteiger charge is -2.31. The van der Waals surface area contributed by atoms with Gasteiger partial charge in [0.05, 0.1) is 0 Å². The Labute approximate surface area is 93.1 Å². The first-order valence-electron chi connectivity index (χ1n) is 6.04. The molecule has 0 N–H and O–H groups in total. The van der Waals surface area contributed by atoms with Gasteiger partial charge in [-0.15, -0.1) is 0 Å². The lowest BCUT2D eigenvalue weighted by molar-refractivity contribution is 0.646. The fourth-order valence-electron chi connectivity index (χ4n) is 2.32. The van der Waals surface area contributed by atoms with E-state index in [0.29, 0.717) is 0 Å². The topological polar surface area (TPSA) is 3.24 Å². The van der Waals surface area contributed by atoms with Gasteiger partial charge in [0.15, 0.2) is 0 Å². The third-order valence-corrected chi connectivity index (χ3v) is 3.13. The van der Waals surface area contributed by atoms with Crippen molar-refractivity contribution in [2.75, 3.05) is 18.0 Å². The van der Waals surface area contributed by atoms with Crippen molar-refractivity contribution >= 4 is 5.69 Å². The number of hydrogen-bond acceptors (Lipinski definition) is 1. The maximum Gasteiger partial charge on any atom is 0.0398 e. The summed E-state index contributed by atoms with van der Waals surface area (Å²) in [7, 11) is 0. The fourth-order valence-corrected chi connectivity index (χ4v) is 2.32. The number of fused-ring (bicyclic) bond motifs is 1. The molecule has 1 aromatic carbocycles. The first kappa shape index (κ1) is 10.5. The predicted molar refractivity (Wildman–Crippen MR) is 66.2 cm³/mol. The zero-order valence-corrected chi connectivity index (χ0v) is 9.41. The summed E-state index contributed by atoms with van der Waals surface area (Å²) in [6.45, 7) is 6.33. The monoisotopic (exact) mass is 202 g/mol. The van der Waals surface area contributed by atoms with E-state index in [9.17, 15) is 0 Å². The van der Waals surface area contributed by atoms with Crippen molar-refractivity contribution in [3.63, 3.8) is 0 Å². The number of aryl methyl sites for hydroxylation is 1. The maximum absolute atomic E-state index is 3.89. The molecule has 1 nitrogen and oxygen atoms in total. The molecule has 81 valence electrons. The van der Waals surface area contributed by atoms with Crippen molar-refractivity contribution in [2.45, 2.75) is 32.1 Å². The first-order valence-corrected chi connectivity index (χ1v) is 6.04. The highest BCUT2D eigenvalue weighted by atomic mass is 15.1. The van der Waals surface area contributed by atoms with Crippen molar-refractivity contribution < 1.29 is 0 Å². The van der Waals surface area contributed by atoms with E-state index >= 15 is 0 Å². The smallest absolute Gasteiger partial charge is 0.0398 e. The molecule has 1 aromatic rings. The Balaban J connectivity index is 2.02. The van der Waals surface area contributed by atoms with Crippen LogP contribution in [0.4, 0.5) is 5.69 Å². The van der Waals surface area contributed by atoms with Crippen LogP contribution in [0.15, 0.2) is 24.3 Å². The Morgan fingerprint density at radius 2 is 2.07 bits per heavy atom. The van der Waals surface area contributed by atoms with Crippen molar-refractivity contribution in [2.24, 2.45) is 0 Å². The molecule has 0 atom stereocenters. The van der Waals surface area contributed by atoms with Crippen LogP contribution in [0, 0.1) is 6.92 Å². The van der Waals surface area contributed by atoms with Crippen LogP contribution in [0.2, 0.25) is 0 Å². The Kier molecular flexibility index (Phi) is 3.65. The molecule has 0 unspecified atom stereocenters.